The SMILES string of the molecule is O=C1Nc2ccccc2S/C1=C/c1ccc(C(=O)NC2CCCC2)cc1. The van der Waals surface area contributed by atoms with Crippen LogP contribution in [-0.2, 0) is 4.79 Å². The van der Waals surface area contributed by atoms with Gasteiger partial charge >= 0.3 is 0 Å². The lowest BCUT2D eigenvalue weighted by Crippen LogP contribution is -2.32. The summed E-state index contributed by atoms with van der Waals surface area (Å²) in [6.07, 6.45) is 6.39. The summed E-state index contributed by atoms with van der Waals surface area (Å²) in [5.41, 5.74) is 2.41. The summed E-state index contributed by atoms with van der Waals surface area (Å²) in [5.74, 6) is -0.119. The summed E-state index contributed by atoms with van der Waals surface area (Å²) in [7, 11) is 0. The van der Waals surface area contributed by atoms with Gasteiger partial charge in [0.2, 0.25) is 0 Å². The number of para-hydroxylation sites is 1. The van der Waals surface area contributed by atoms with Crippen molar-refractivity contribution in [3.05, 3.63) is 64.6 Å². The van der Waals surface area contributed by atoms with Crippen molar-refractivity contribution >= 4 is 35.3 Å². The Kier molecular flexibility index (Phi) is 4.80. The minimum atomic E-state index is -0.100. The molecule has 1 saturated carbocycles. The molecule has 0 atom stereocenters. The Hall–Kier alpha value is -2.53. The zero-order valence-electron chi connectivity index (χ0n) is 14.3. The highest BCUT2D eigenvalue weighted by Gasteiger charge is 2.21. The molecule has 0 unspecified atom stereocenters. The van der Waals surface area contributed by atoms with Gasteiger partial charge in [0.25, 0.3) is 11.8 Å². The molecule has 1 fully saturated rings. The van der Waals surface area contributed by atoms with Crippen molar-refractivity contribution in [1.82, 2.24) is 5.32 Å². The monoisotopic (exact) mass is 364 g/mol. The van der Waals surface area contributed by atoms with E-state index in [4.69, 9.17) is 0 Å². The molecule has 2 aromatic rings. The Morgan fingerprint density at radius 1 is 1.08 bits per heavy atom. The molecule has 2 aliphatic rings. The molecule has 1 aliphatic heterocycles. The number of hydrogen-bond donors (Lipinski definition) is 2. The molecule has 0 radical (unpaired) electrons. The van der Waals surface area contributed by atoms with Gasteiger partial charge in [-0.1, -0.05) is 48.9 Å². The van der Waals surface area contributed by atoms with E-state index in [0.29, 0.717) is 16.5 Å². The van der Waals surface area contributed by atoms with Crippen LogP contribution in [0.5, 0.6) is 0 Å². The average Bonchev–Trinajstić information content (AvgIpc) is 3.16. The summed E-state index contributed by atoms with van der Waals surface area (Å²) >= 11 is 1.46. The van der Waals surface area contributed by atoms with Gasteiger partial charge in [0, 0.05) is 16.5 Å². The van der Waals surface area contributed by atoms with Gasteiger partial charge in [0.05, 0.1) is 10.6 Å². The van der Waals surface area contributed by atoms with Crippen LogP contribution in [0.1, 0.15) is 41.6 Å². The lowest BCUT2D eigenvalue weighted by molar-refractivity contribution is -0.112. The van der Waals surface area contributed by atoms with Gasteiger partial charge in [-0.15, -0.1) is 0 Å². The van der Waals surface area contributed by atoms with Crippen LogP contribution in [0, 0.1) is 0 Å². The second kappa shape index (κ2) is 7.38. The first kappa shape index (κ1) is 16.9. The Labute approximate surface area is 157 Å². The van der Waals surface area contributed by atoms with Crippen molar-refractivity contribution in [2.45, 2.75) is 36.6 Å². The fourth-order valence-electron chi connectivity index (χ4n) is 3.32. The van der Waals surface area contributed by atoms with E-state index in [1.165, 1.54) is 24.6 Å². The first-order valence-corrected chi connectivity index (χ1v) is 9.71. The van der Waals surface area contributed by atoms with E-state index in [1.807, 2.05) is 54.6 Å². The standard InChI is InChI=1S/C21H20N2O2S/c24-20(22-16-5-1-2-6-16)15-11-9-14(10-12-15)13-19-21(25)23-17-7-3-4-8-18(17)26-19/h3-4,7-13,16H,1-2,5-6H2,(H,22,24)(H,23,25)/b19-13+. The summed E-state index contributed by atoms with van der Waals surface area (Å²) in [4.78, 5) is 26.2. The third-order valence-corrected chi connectivity index (χ3v) is 5.84. The van der Waals surface area contributed by atoms with E-state index in [1.54, 1.807) is 0 Å². The smallest absolute Gasteiger partial charge is 0.262 e. The average molecular weight is 364 g/mol. The van der Waals surface area contributed by atoms with Crippen molar-refractivity contribution in [2.75, 3.05) is 5.32 Å². The maximum Gasteiger partial charge on any atom is 0.262 e. The van der Waals surface area contributed by atoms with Crippen molar-refractivity contribution in [3.8, 4) is 0 Å². The second-order valence-electron chi connectivity index (χ2n) is 6.64. The van der Waals surface area contributed by atoms with E-state index >= 15 is 0 Å². The van der Waals surface area contributed by atoms with E-state index in [-0.39, 0.29) is 11.8 Å². The van der Waals surface area contributed by atoms with Gasteiger partial charge in [0.15, 0.2) is 0 Å². The molecule has 0 aromatic heterocycles. The summed E-state index contributed by atoms with van der Waals surface area (Å²) in [5, 5.41) is 6.00. The lowest BCUT2D eigenvalue weighted by Gasteiger charge is -2.18. The molecule has 2 amide bonds. The number of nitrogens with one attached hydrogen (secondary N) is 2. The van der Waals surface area contributed by atoms with Crippen LogP contribution in [-0.4, -0.2) is 17.9 Å². The maximum absolute atomic E-state index is 12.3. The molecule has 1 heterocycles. The van der Waals surface area contributed by atoms with Gasteiger partial charge < -0.3 is 10.6 Å². The Balaban J connectivity index is 1.47. The van der Waals surface area contributed by atoms with Gasteiger partial charge in [-0.3, -0.25) is 9.59 Å². The Morgan fingerprint density at radius 3 is 2.58 bits per heavy atom. The molecule has 132 valence electrons. The third kappa shape index (κ3) is 3.68. The molecule has 0 saturated heterocycles. The van der Waals surface area contributed by atoms with Gasteiger partial charge in [-0.05, 0) is 48.7 Å². The number of anilines is 1. The molecule has 26 heavy (non-hydrogen) atoms. The number of hydrogen-bond acceptors (Lipinski definition) is 3. The fraction of sp³-hybridized carbons (Fsp3) is 0.238. The first-order valence-electron chi connectivity index (χ1n) is 8.90. The number of thioether (sulfide) groups is 1. The molecular weight excluding hydrogens is 344 g/mol. The molecule has 4 rings (SSSR count). The molecule has 2 aromatic carbocycles. The van der Waals surface area contributed by atoms with Crippen molar-refractivity contribution in [3.63, 3.8) is 0 Å². The number of amides is 2. The maximum atomic E-state index is 12.3. The van der Waals surface area contributed by atoms with Crippen LogP contribution in [0.25, 0.3) is 6.08 Å². The molecular formula is C21H20N2O2S. The molecule has 0 spiro atoms. The third-order valence-electron chi connectivity index (χ3n) is 4.74. The first-order chi connectivity index (χ1) is 12.7. The van der Waals surface area contributed by atoms with Crippen LogP contribution in [0.15, 0.2) is 58.3 Å². The molecule has 1 aliphatic carbocycles. The minimum Gasteiger partial charge on any atom is -0.349 e. The Bertz CT molecular complexity index is 868. The quantitative estimate of drug-likeness (QED) is 0.792. The minimum absolute atomic E-state index is 0.0187. The molecule has 5 heteroatoms. The fourth-order valence-corrected chi connectivity index (χ4v) is 4.27. The zero-order chi connectivity index (χ0) is 17.9. The van der Waals surface area contributed by atoms with E-state index in [2.05, 4.69) is 10.6 Å². The van der Waals surface area contributed by atoms with Crippen LogP contribution < -0.4 is 10.6 Å². The van der Waals surface area contributed by atoms with Crippen molar-refractivity contribution in [1.29, 1.82) is 0 Å². The predicted octanol–water partition coefficient (Wildman–Crippen LogP) is 4.44. The second-order valence-corrected chi connectivity index (χ2v) is 7.72. The predicted molar refractivity (Wildman–Crippen MR) is 105 cm³/mol. The van der Waals surface area contributed by atoms with Gasteiger partial charge in [0.1, 0.15) is 0 Å². The highest BCUT2D eigenvalue weighted by Crippen LogP contribution is 2.38. The number of rotatable bonds is 3. The van der Waals surface area contributed by atoms with Gasteiger partial charge in [-0.2, -0.15) is 0 Å². The van der Waals surface area contributed by atoms with Crippen LogP contribution in [0.2, 0.25) is 0 Å². The van der Waals surface area contributed by atoms with Crippen LogP contribution >= 0.6 is 11.8 Å². The molecule has 4 nitrogen and oxygen atoms in total. The number of carbonyl (C=O) groups is 2. The van der Waals surface area contributed by atoms with E-state index < -0.39 is 0 Å². The van der Waals surface area contributed by atoms with Gasteiger partial charge in [-0.25, -0.2) is 0 Å². The summed E-state index contributed by atoms with van der Waals surface area (Å²) in [6.45, 7) is 0. The largest absolute Gasteiger partial charge is 0.349 e. The highest BCUT2D eigenvalue weighted by atomic mass is 32.2. The molecule has 0 bridgehead atoms. The molecule has 2 N–H and O–H groups in total. The zero-order valence-corrected chi connectivity index (χ0v) is 15.1. The van der Waals surface area contributed by atoms with Crippen LogP contribution in [0.4, 0.5) is 5.69 Å². The number of fused-ring (bicyclic) bond motifs is 1. The lowest BCUT2D eigenvalue weighted by atomic mass is 10.1. The Morgan fingerprint density at radius 2 is 1.81 bits per heavy atom. The van der Waals surface area contributed by atoms with E-state index in [0.717, 1.165) is 29.0 Å². The van der Waals surface area contributed by atoms with E-state index in [9.17, 15) is 9.59 Å². The number of benzene rings is 2. The van der Waals surface area contributed by atoms with Crippen LogP contribution in [0.3, 0.4) is 0 Å². The number of carbonyl (C=O) groups excluding carboxylic acids is 2. The summed E-state index contributed by atoms with van der Waals surface area (Å²) < 4.78 is 0. The van der Waals surface area contributed by atoms with Crippen molar-refractivity contribution in [2.24, 2.45) is 0 Å². The normalized spacial score (nSPS) is 18.5. The highest BCUT2D eigenvalue weighted by molar-refractivity contribution is 8.04. The van der Waals surface area contributed by atoms with Crippen molar-refractivity contribution < 1.29 is 9.59 Å². The summed E-state index contributed by atoms with van der Waals surface area (Å²) in [6, 6.07) is 15.5. The topological polar surface area (TPSA) is 58.2 Å².